The molecule has 0 spiro atoms. The van der Waals surface area contributed by atoms with E-state index < -0.39 is 24.0 Å². The van der Waals surface area contributed by atoms with E-state index in [2.05, 4.69) is 56.6 Å². The number of amides is 3. The minimum Gasteiger partial charge on any atom is -0.480 e. The lowest BCUT2D eigenvalue weighted by atomic mass is 9.98. The smallest absolute Gasteiger partial charge is 0.327 e. The van der Waals surface area contributed by atoms with E-state index in [0.717, 1.165) is 25.7 Å². The highest BCUT2D eigenvalue weighted by Crippen LogP contribution is 2.14. The molecule has 0 aromatic rings. The number of hydrogen-bond acceptors (Lipinski definition) is 5. The Labute approximate surface area is 233 Å². The molecular weight excluding hydrogens is 502 g/mol. The predicted octanol–water partition coefficient (Wildman–Crippen LogP) is 5.16. The molecule has 1 aliphatic rings. The third kappa shape index (κ3) is 14.0. The lowest BCUT2D eigenvalue weighted by molar-refractivity contribution is -0.141. The van der Waals surface area contributed by atoms with E-state index in [0.29, 0.717) is 38.5 Å². The van der Waals surface area contributed by atoms with Gasteiger partial charge in [0.15, 0.2) is 0 Å². The molecule has 0 aromatic heterocycles. The maximum absolute atomic E-state index is 13.0. The van der Waals surface area contributed by atoms with Crippen LogP contribution < -0.4 is 10.6 Å². The summed E-state index contributed by atoms with van der Waals surface area (Å²) in [6, 6.07) is -2.16. The normalized spacial score (nSPS) is 16.8. The lowest BCUT2D eigenvalue weighted by Crippen LogP contribution is -2.57. The van der Waals surface area contributed by atoms with Crippen molar-refractivity contribution in [2.24, 2.45) is 5.92 Å². The van der Waals surface area contributed by atoms with Crippen LogP contribution in [-0.2, 0) is 14.3 Å². The van der Waals surface area contributed by atoms with E-state index in [4.69, 9.17) is 4.74 Å². The zero-order valence-corrected chi connectivity index (χ0v) is 25.0. The van der Waals surface area contributed by atoms with Crippen molar-refractivity contribution in [3.8, 4) is 0 Å². The average Bonchev–Trinajstić information content (AvgIpc) is 2.88. The largest absolute Gasteiger partial charge is 0.480 e. The first kappa shape index (κ1) is 33.8. The van der Waals surface area contributed by atoms with Gasteiger partial charge in [0.2, 0.25) is 5.91 Å². The molecule has 0 bridgehead atoms. The van der Waals surface area contributed by atoms with Crippen LogP contribution in [0.1, 0.15) is 73.6 Å². The van der Waals surface area contributed by atoms with Gasteiger partial charge in [0, 0.05) is 24.6 Å². The quantitative estimate of drug-likeness (QED) is 0.181. The van der Waals surface area contributed by atoms with E-state index >= 15 is 0 Å². The summed E-state index contributed by atoms with van der Waals surface area (Å²) in [5.74, 6) is -0.761. The van der Waals surface area contributed by atoms with E-state index in [9.17, 15) is 19.5 Å². The Morgan fingerprint density at radius 3 is 2.16 bits per heavy atom. The number of thioether (sulfide) groups is 1. The third-order valence-corrected chi connectivity index (χ3v) is 7.62. The van der Waals surface area contributed by atoms with Gasteiger partial charge in [0.05, 0.1) is 13.2 Å². The molecule has 0 saturated carbocycles. The van der Waals surface area contributed by atoms with Crippen LogP contribution >= 0.6 is 11.8 Å². The Balaban J connectivity index is 2.55. The molecule has 0 radical (unpaired) electrons. The van der Waals surface area contributed by atoms with E-state index in [1.807, 2.05) is 13.8 Å². The van der Waals surface area contributed by atoms with Crippen molar-refractivity contribution in [2.45, 2.75) is 85.7 Å². The number of carboxylic acids is 1. The van der Waals surface area contributed by atoms with Crippen molar-refractivity contribution < 1.29 is 24.2 Å². The molecule has 1 saturated heterocycles. The highest BCUT2D eigenvalue weighted by molar-refractivity contribution is 7.99. The molecule has 1 fully saturated rings. The summed E-state index contributed by atoms with van der Waals surface area (Å²) >= 11 is 1.47. The van der Waals surface area contributed by atoms with Crippen molar-refractivity contribution in [1.82, 2.24) is 15.5 Å². The van der Waals surface area contributed by atoms with Crippen molar-refractivity contribution in [3.05, 3.63) is 34.9 Å². The summed E-state index contributed by atoms with van der Waals surface area (Å²) in [6.07, 6.45) is 11.5. The van der Waals surface area contributed by atoms with Crippen LogP contribution in [0.25, 0.3) is 0 Å². The fourth-order valence-electron chi connectivity index (χ4n) is 3.85. The summed E-state index contributed by atoms with van der Waals surface area (Å²) in [4.78, 5) is 39.2. The summed E-state index contributed by atoms with van der Waals surface area (Å²) in [5.41, 5.74) is 4.02. The van der Waals surface area contributed by atoms with E-state index in [1.54, 1.807) is 4.90 Å². The number of hydrogen-bond donors (Lipinski definition) is 3. The van der Waals surface area contributed by atoms with Crippen molar-refractivity contribution in [3.63, 3.8) is 0 Å². The first-order valence-electron chi connectivity index (χ1n) is 13.7. The molecule has 3 unspecified atom stereocenters. The molecule has 3 atom stereocenters. The number of aliphatic carboxylic acids is 1. The van der Waals surface area contributed by atoms with E-state index in [-0.39, 0.29) is 17.7 Å². The predicted molar refractivity (Wildman–Crippen MR) is 156 cm³/mol. The van der Waals surface area contributed by atoms with Crippen molar-refractivity contribution >= 4 is 29.7 Å². The number of urea groups is 1. The second-order valence-corrected chi connectivity index (χ2v) is 11.4. The van der Waals surface area contributed by atoms with Crippen molar-refractivity contribution in [1.29, 1.82) is 0 Å². The molecule has 38 heavy (non-hydrogen) atoms. The maximum atomic E-state index is 13.0. The number of rotatable bonds is 16. The van der Waals surface area contributed by atoms with Gasteiger partial charge in [0.1, 0.15) is 12.1 Å². The highest BCUT2D eigenvalue weighted by atomic mass is 32.2. The number of carbonyl (C=O) groups is 3. The van der Waals surface area contributed by atoms with Crippen LogP contribution in [0.2, 0.25) is 0 Å². The van der Waals surface area contributed by atoms with Gasteiger partial charge in [0.25, 0.3) is 0 Å². The van der Waals surface area contributed by atoms with Gasteiger partial charge in [-0.3, -0.25) is 4.79 Å². The first-order valence-corrected chi connectivity index (χ1v) is 14.9. The Hall–Kier alpha value is -2.26. The van der Waals surface area contributed by atoms with Crippen LogP contribution in [0.3, 0.4) is 0 Å². The molecule has 3 amide bonds. The first-order chi connectivity index (χ1) is 18.0. The molecule has 1 aliphatic heterocycles. The Kier molecular flexibility index (Phi) is 16.8. The van der Waals surface area contributed by atoms with Crippen LogP contribution in [0.5, 0.6) is 0 Å². The Bertz CT molecular complexity index is 845. The van der Waals surface area contributed by atoms with Gasteiger partial charge in [-0.1, -0.05) is 55.2 Å². The summed E-state index contributed by atoms with van der Waals surface area (Å²) in [5, 5.41) is 15.1. The summed E-state index contributed by atoms with van der Waals surface area (Å²) in [6.45, 7) is 14.2. The molecule has 1 heterocycles. The van der Waals surface area contributed by atoms with Crippen LogP contribution in [-0.4, -0.2) is 77.8 Å². The summed E-state index contributed by atoms with van der Waals surface area (Å²) < 4.78 is 5.28. The third-order valence-electron chi connectivity index (χ3n) is 6.64. The van der Waals surface area contributed by atoms with E-state index in [1.165, 1.54) is 28.5 Å². The molecular formula is C29H49N3O5S. The number of ether oxygens (including phenoxy) is 1. The maximum Gasteiger partial charge on any atom is 0.327 e. The van der Waals surface area contributed by atoms with Gasteiger partial charge < -0.3 is 25.4 Å². The second kappa shape index (κ2) is 18.9. The topological polar surface area (TPSA) is 108 Å². The van der Waals surface area contributed by atoms with Crippen molar-refractivity contribution in [2.75, 3.05) is 37.8 Å². The Morgan fingerprint density at radius 1 is 0.974 bits per heavy atom. The molecule has 8 nitrogen and oxygen atoms in total. The fourth-order valence-corrected chi connectivity index (χ4v) is 4.85. The minimum atomic E-state index is -1.08. The molecule has 0 aromatic carbocycles. The zero-order valence-electron chi connectivity index (χ0n) is 24.2. The number of carbonyl (C=O) groups excluding carboxylic acids is 2. The fraction of sp³-hybridized carbons (Fsp3) is 0.690. The average molecular weight is 552 g/mol. The molecule has 3 N–H and O–H groups in total. The van der Waals surface area contributed by atoms with Gasteiger partial charge in [-0.15, -0.1) is 0 Å². The van der Waals surface area contributed by atoms with Gasteiger partial charge in [-0.25, -0.2) is 9.59 Å². The zero-order chi connectivity index (χ0) is 28.5. The van der Waals surface area contributed by atoms with Gasteiger partial charge in [-0.05, 0) is 59.3 Å². The molecule has 1 rings (SSSR count). The Morgan fingerprint density at radius 2 is 1.58 bits per heavy atom. The number of nitrogens with one attached hydrogen (secondary N) is 2. The van der Waals surface area contributed by atoms with Gasteiger partial charge in [-0.2, -0.15) is 11.8 Å². The minimum absolute atomic E-state index is 0.141. The number of nitrogens with zero attached hydrogens (tertiary/aromatic N) is 1. The molecule has 216 valence electrons. The van der Waals surface area contributed by atoms with Crippen LogP contribution in [0.15, 0.2) is 34.9 Å². The number of allylic oxidation sites excluding steroid dienone is 5. The monoisotopic (exact) mass is 551 g/mol. The highest BCUT2D eigenvalue weighted by Gasteiger charge is 2.31. The molecule has 9 heteroatoms. The second-order valence-electron chi connectivity index (χ2n) is 10.3. The number of morpholine rings is 1. The molecule has 0 aliphatic carbocycles. The van der Waals surface area contributed by atoms with Crippen LogP contribution in [0.4, 0.5) is 4.79 Å². The SMILES string of the molecule is CCC(C)C(NC(=O)N1CCOCC1)C(=O)NC(CSCC=C(C)CCC=C(C)CCC=C(C)C)C(=O)O. The van der Waals surface area contributed by atoms with Crippen LogP contribution in [0, 0.1) is 5.92 Å². The summed E-state index contributed by atoms with van der Waals surface area (Å²) in [7, 11) is 0. The standard InChI is InChI=1S/C29H49N3O5S/c1-7-24(6)26(31-29(36)32-15-17-37-18-16-32)27(33)30-25(28(34)35)20-38-19-14-23(5)13-9-12-22(4)11-8-10-21(2)3/h10,12,14,24-26H,7-9,11,13,15-20H2,1-6H3,(H,30,33)(H,31,36)(H,34,35). The number of carboxylic acid groups (broad SMARTS) is 1. The van der Waals surface area contributed by atoms with Gasteiger partial charge >= 0.3 is 12.0 Å². The lowest BCUT2D eigenvalue weighted by Gasteiger charge is -2.31.